The van der Waals surface area contributed by atoms with Crippen LogP contribution in [-0.2, 0) is 9.59 Å². The lowest BCUT2D eigenvalue weighted by atomic mass is 10.0. The lowest BCUT2D eigenvalue weighted by molar-refractivity contribution is -0.131. The van der Waals surface area contributed by atoms with E-state index in [9.17, 15) is 14.7 Å². The second kappa shape index (κ2) is 9.05. The van der Waals surface area contributed by atoms with E-state index in [1.165, 1.54) is 0 Å². The van der Waals surface area contributed by atoms with E-state index in [1.54, 1.807) is 30.3 Å². The fourth-order valence-electron chi connectivity index (χ4n) is 2.24. The minimum Gasteiger partial charge on any atom is -0.508 e. The summed E-state index contributed by atoms with van der Waals surface area (Å²) in [5.74, 6) is -0.371. The molecule has 142 valence electrons. The SMILES string of the molecule is CC(C)c1cc(Oc2c(Br)cc(NC(=O)C=CC(=O)O)cc2Br)ccc1O. The minimum absolute atomic E-state index is 0.136. The summed E-state index contributed by atoms with van der Waals surface area (Å²) >= 11 is 6.80. The number of aliphatic carboxylic acids is 1. The third-order valence-corrected chi connectivity index (χ3v) is 4.66. The minimum atomic E-state index is -1.20. The number of carboxylic acid groups (broad SMARTS) is 1. The molecule has 2 rings (SSSR count). The van der Waals surface area contributed by atoms with Crippen molar-refractivity contribution in [3.8, 4) is 17.2 Å². The van der Waals surface area contributed by atoms with Gasteiger partial charge in [-0.3, -0.25) is 4.79 Å². The monoisotopic (exact) mass is 497 g/mol. The van der Waals surface area contributed by atoms with Crippen LogP contribution in [0.3, 0.4) is 0 Å². The molecule has 0 atom stereocenters. The maximum absolute atomic E-state index is 11.7. The highest BCUT2D eigenvalue weighted by molar-refractivity contribution is 9.11. The van der Waals surface area contributed by atoms with E-state index in [0.717, 1.165) is 17.7 Å². The fourth-order valence-corrected chi connectivity index (χ4v) is 3.59. The van der Waals surface area contributed by atoms with Gasteiger partial charge in [-0.05, 0) is 68.1 Å². The number of carbonyl (C=O) groups is 2. The predicted molar refractivity (Wildman–Crippen MR) is 110 cm³/mol. The molecule has 1 amide bonds. The van der Waals surface area contributed by atoms with Crippen molar-refractivity contribution in [2.24, 2.45) is 0 Å². The number of phenols is 1. The van der Waals surface area contributed by atoms with Gasteiger partial charge in [0.2, 0.25) is 5.91 Å². The third kappa shape index (κ3) is 5.83. The Balaban J connectivity index is 2.23. The average molecular weight is 499 g/mol. The summed E-state index contributed by atoms with van der Waals surface area (Å²) in [7, 11) is 0. The first-order valence-corrected chi connectivity index (χ1v) is 9.47. The van der Waals surface area contributed by atoms with Gasteiger partial charge >= 0.3 is 5.97 Å². The van der Waals surface area contributed by atoms with Crippen molar-refractivity contribution < 1.29 is 24.5 Å². The maximum atomic E-state index is 11.7. The first-order valence-electron chi connectivity index (χ1n) is 7.89. The number of rotatable bonds is 6. The lowest BCUT2D eigenvalue weighted by Gasteiger charge is -2.14. The third-order valence-electron chi connectivity index (χ3n) is 3.48. The van der Waals surface area contributed by atoms with Crippen molar-refractivity contribution in [1.29, 1.82) is 0 Å². The number of benzene rings is 2. The predicted octanol–water partition coefficient (Wildman–Crippen LogP) is 5.41. The molecule has 3 N–H and O–H groups in total. The molecule has 0 spiro atoms. The average Bonchev–Trinajstić information content (AvgIpc) is 2.57. The molecule has 0 aliphatic rings. The quantitative estimate of drug-likeness (QED) is 0.462. The first kappa shape index (κ1) is 21.0. The van der Waals surface area contributed by atoms with E-state index in [1.807, 2.05) is 13.8 Å². The molecule has 0 aliphatic heterocycles. The van der Waals surface area contributed by atoms with Crippen molar-refractivity contribution in [3.05, 3.63) is 57.0 Å². The van der Waals surface area contributed by atoms with Crippen LogP contribution in [0, 0.1) is 0 Å². The van der Waals surface area contributed by atoms with Crippen LogP contribution < -0.4 is 10.1 Å². The number of ether oxygens (including phenoxy) is 1. The van der Waals surface area contributed by atoms with Crippen molar-refractivity contribution in [2.75, 3.05) is 5.32 Å². The lowest BCUT2D eigenvalue weighted by Crippen LogP contribution is -2.08. The van der Waals surface area contributed by atoms with Gasteiger partial charge in [-0.25, -0.2) is 4.79 Å². The van der Waals surface area contributed by atoms with Gasteiger partial charge in [-0.2, -0.15) is 0 Å². The highest BCUT2D eigenvalue weighted by atomic mass is 79.9. The second-order valence-corrected chi connectivity index (χ2v) is 7.62. The zero-order valence-corrected chi connectivity index (χ0v) is 17.7. The van der Waals surface area contributed by atoms with Gasteiger partial charge in [-0.15, -0.1) is 0 Å². The van der Waals surface area contributed by atoms with Gasteiger partial charge in [0.15, 0.2) is 5.75 Å². The summed E-state index contributed by atoms with van der Waals surface area (Å²) in [5.41, 5.74) is 1.23. The van der Waals surface area contributed by atoms with E-state index >= 15 is 0 Å². The van der Waals surface area contributed by atoms with E-state index < -0.39 is 11.9 Å². The van der Waals surface area contributed by atoms with E-state index in [2.05, 4.69) is 37.2 Å². The van der Waals surface area contributed by atoms with Crippen molar-refractivity contribution >= 4 is 49.4 Å². The van der Waals surface area contributed by atoms with Crippen molar-refractivity contribution in [1.82, 2.24) is 0 Å². The van der Waals surface area contributed by atoms with Gasteiger partial charge < -0.3 is 20.3 Å². The molecule has 2 aromatic rings. The molecule has 0 fully saturated rings. The Hall–Kier alpha value is -2.32. The topological polar surface area (TPSA) is 95.9 Å². The van der Waals surface area contributed by atoms with Crippen LogP contribution in [0.5, 0.6) is 17.2 Å². The number of hydrogen-bond acceptors (Lipinski definition) is 4. The number of phenolic OH excluding ortho intramolecular Hbond substituents is 1. The molecule has 6 nitrogen and oxygen atoms in total. The van der Waals surface area contributed by atoms with Gasteiger partial charge in [0.25, 0.3) is 0 Å². The standard InChI is InChI=1S/C19H17Br2NO5/c1-10(2)13-9-12(3-4-16(13)23)27-19-14(20)7-11(8-15(19)21)22-17(24)5-6-18(25)26/h3-10,23H,1-2H3,(H,22,24)(H,25,26). The summed E-state index contributed by atoms with van der Waals surface area (Å²) in [6.07, 6.45) is 1.69. The summed E-state index contributed by atoms with van der Waals surface area (Å²) in [6.45, 7) is 3.95. The molecule has 0 heterocycles. The smallest absolute Gasteiger partial charge is 0.328 e. The molecule has 0 bridgehead atoms. The largest absolute Gasteiger partial charge is 0.508 e. The number of nitrogens with one attached hydrogen (secondary N) is 1. The Morgan fingerprint density at radius 2 is 1.74 bits per heavy atom. The number of carboxylic acids is 1. The van der Waals surface area contributed by atoms with Gasteiger partial charge in [0.05, 0.1) is 8.95 Å². The number of halogens is 2. The number of aromatic hydroxyl groups is 1. The molecule has 0 saturated heterocycles. The summed E-state index contributed by atoms with van der Waals surface area (Å²) < 4.78 is 7.07. The van der Waals surface area contributed by atoms with E-state index in [4.69, 9.17) is 9.84 Å². The van der Waals surface area contributed by atoms with Crippen LogP contribution in [0.15, 0.2) is 51.4 Å². The van der Waals surface area contributed by atoms with Crippen molar-refractivity contribution in [2.45, 2.75) is 19.8 Å². The number of hydrogen-bond donors (Lipinski definition) is 3. The fraction of sp³-hybridized carbons (Fsp3) is 0.158. The van der Waals surface area contributed by atoms with E-state index in [-0.39, 0.29) is 11.7 Å². The number of amides is 1. The van der Waals surface area contributed by atoms with Crippen LogP contribution in [0.2, 0.25) is 0 Å². The molecule has 0 aliphatic carbocycles. The molecule has 8 heteroatoms. The second-order valence-electron chi connectivity index (χ2n) is 5.91. The zero-order chi connectivity index (χ0) is 20.1. The Morgan fingerprint density at radius 3 is 2.30 bits per heavy atom. The van der Waals surface area contributed by atoms with Gasteiger partial charge in [0.1, 0.15) is 11.5 Å². The van der Waals surface area contributed by atoms with Crippen LogP contribution in [0.25, 0.3) is 0 Å². The van der Waals surface area contributed by atoms with Gasteiger partial charge in [0, 0.05) is 23.4 Å². The summed E-state index contributed by atoms with van der Waals surface area (Å²) in [5, 5.41) is 21.0. The highest BCUT2D eigenvalue weighted by Crippen LogP contribution is 2.40. The normalized spacial score (nSPS) is 11.0. The van der Waals surface area contributed by atoms with Crippen LogP contribution in [-0.4, -0.2) is 22.1 Å². The summed E-state index contributed by atoms with van der Waals surface area (Å²) in [6, 6.07) is 8.28. The number of carbonyl (C=O) groups excluding carboxylic acids is 1. The molecule has 0 aromatic heterocycles. The molecule has 0 saturated carbocycles. The summed E-state index contributed by atoms with van der Waals surface area (Å²) in [4.78, 5) is 22.2. The molecule has 2 aromatic carbocycles. The maximum Gasteiger partial charge on any atom is 0.328 e. The molecule has 0 unspecified atom stereocenters. The molecular formula is C19H17Br2NO5. The number of anilines is 1. The van der Waals surface area contributed by atoms with Crippen molar-refractivity contribution in [3.63, 3.8) is 0 Å². The van der Waals surface area contributed by atoms with Crippen LogP contribution in [0.4, 0.5) is 5.69 Å². The van der Waals surface area contributed by atoms with Crippen LogP contribution >= 0.6 is 31.9 Å². The Kier molecular flexibility index (Phi) is 7.04. The molecular weight excluding hydrogens is 482 g/mol. The first-order chi connectivity index (χ1) is 12.7. The Bertz CT molecular complexity index is 886. The zero-order valence-electron chi connectivity index (χ0n) is 14.5. The molecule has 27 heavy (non-hydrogen) atoms. The van der Waals surface area contributed by atoms with Crippen LogP contribution in [0.1, 0.15) is 25.3 Å². The van der Waals surface area contributed by atoms with Gasteiger partial charge in [-0.1, -0.05) is 13.8 Å². The highest BCUT2D eigenvalue weighted by Gasteiger charge is 2.13. The Labute approximate surface area is 173 Å². The van der Waals surface area contributed by atoms with E-state index in [0.29, 0.717) is 26.1 Å². The molecule has 0 radical (unpaired) electrons. The Morgan fingerprint density at radius 1 is 1.11 bits per heavy atom.